The minimum absolute atomic E-state index is 0.105. The largest absolute Gasteiger partial charge is 0.477 e. The zero-order valence-corrected chi connectivity index (χ0v) is 8.29. The molecule has 0 radical (unpaired) electrons. The summed E-state index contributed by atoms with van der Waals surface area (Å²) in [6, 6.07) is 7.50. The van der Waals surface area contributed by atoms with Crippen molar-refractivity contribution in [2.24, 2.45) is 0 Å². The van der Waals surface area contributed by atoms with Crippen LogP contribution in [0.4, 0.5) is 4.39 Å². The Morgan fingerprint density at radius 3 is 2.73 bits per heavy atom. The molecule has 2 rings (SSSR count). The fourth-order valence-electron chi connectivity index (χ4n) is 1.17. The second-order valence-electron chi connectivity index (χ2n) is 2.86. The topological polar surface area (TPSA) is 50.2 Å². The average molecular weight is 223 g/mol. The molecule has 0 saturated heterocycles. The maximum atomic E-state index is 13.3. The minimum Gasteiger partial charge on any atom is -0.477 e. The van der Waals surface area contributed by atoms with E-state index in [9.17, 15) is 9.18 Å². The summed E-state index contributed by atoms with van der Waals surface area (Å²) in [5, 5.41) is 8.69. The molecule has 0 spiro atoms. The van der Waals surface area contributed by atoms with Crippen LogP contribution in [0, 0.1) is 5.82 Å². The molecule has 0 aliphatic heterocycles. The molecule has 3 nitrogen and oxygen atoms in total. The van der Waals surface area contributed by atoms with Gasteiger partial charge in [0.15, 0.2) is 0 Å². The molecule has 1 aromatic heterocycles. The highest BCUT2D eigenvalue weighted by Crippen LogP contribution is 2.24. The summed E-state index contributed by atoms with van der Waals surface area (Å²) in [5.41, 5.74) is 0.678. The van der Waals surface area contributed by atoms with E-state index < -0.39 is 11.8 Å². The van der Waals surface area contributed by atoms with Gasteiger partial charge in [0.2, 0.25) is 0 Å². The van der Waals surface area contributed by atoms with Gasteiger partial charge in [0.1, 0.15) is 10.7 Å². The van der Waals surface area contributed by atoms with Crippen LogP contribution in [0.3, 0.4) is 0 Å². The van der Waals surface area contributed by atoms with Crippen molar-refractivity contribution >= 4 is 17.5 Å². The first-order chi connectivity index (χ1) is 7.18. The van der Waals surface area contributed by atoms with Crippen LogP contribution in [0.5, 0.6) is 0 Å². The van der Waals surface area contributed by atoms with Gasteiger partial charge in [-0.2, -0.15) is 4.37 Å². The van der Waals surface area contributed by atoms with E-state index in [0.29, 0.717) is 11.3 Å². The van der Waals surface area contributed by atoms with Crippen LogP contribution >= 0.6 is 11.5 Å². The van der Waals surface area contributed by atoms with Crippen molar-refractivity contribution in [3.05, 3.63) is 41.0 Å². The molecule has 1 heterocycles. The summed E-state index contributed by atoms with van der Waals surface area (Å²) >= 11 is 0.845. The summed E-state index contributed by atoms with van der Waals surface area (Å²) in [5.74, 6) is -1.45. The molecule has 0 amide bonds. The molecule has 0 aliphatic rings. The number of carboxylic acid groups (broad SMARTS) is 1. The van der Waals surface area contributed by atoms with Crippen LogP contribution in [0.1, 0.15) is 9.67 Å². The number of aromatic carboxylic acids is 1. The molecule has 76 valence electrons. The van der Waals surface area contributed by atoms with Crippen molar-refractivity contribution in [2.75, 3.05) is 0 Å². The van der Waals surface area contributed by atoms with Crippen molar-refractivity contribution in [3.63, 3.8) is 0 Å². The third-order valence-electron chi connectivity index (χ3n) is 1.87. The van der Waals surface area contributed by atoms with Crippen LogP contribution in [0.15, 0.2) is 30.3 Å². The van der Waals surface area contributed by atoms with E-state index in [-0.39, 0.29) is 4.88 Å². The Morgan fingerprint density at radius 2 is 2.13 bits per heavy atom. The number of benzene rings is 1. The Labute approximate surface area is 89.0 Å². The third-order valence-corrected chi connectivity index (χ3v) is 2.65. The number of hydrogen-bond acceptors (Lipinski definition) is 3. The van der Waals surface area contributed by atoms with E-state index in [1.54, 1.807) is 18.2 Å². The van der Waals surface area contributed by atoms with Gasteiger partial charge in [-0.15, -0.1) is 0 Å². The molecular weight excluding hydrogens is 217 g/mol. The molecular formula is C10H6FNO2S. The summed E-state index contributed by atoms with van der Waals surface area (Å²) < 4.78 is 17.2. The number of carboxylic acids is 1. The predicted molar refractivity (Wildman–Crippen MR) is 54.5 cm³/mol. The fraction of sp³-hybridized carbons (Fsp3) is 0. The zero-order chi connectivity index (χ0) is 10.8. The van der Waals surface area contributed by atoms with Gasteiger partial charge in [-0.05, 0) is 29.7 Å². The second kappa shape index (κ2) is 3.78. The van der Waals surface area contributed by atoms with Gasteiger partial charge in [-0.25, -0.2) is 9.18 Å². The molecule has 0 saturated carbocycles. The average Bonchev–Trinajstić information content (AvgIpc) is 2.67. The van der Waals surface area contributed by atoms with Crippen molar-refractivity contribution < 1.29 is 14.3 Å². The summed E-state index contributed by atoms with van der Waals surface area (Å²) in [4.78, 5) is 10.7. The lowest BCUT2D eigenvalue weighted by Crippen LogP contribution is -1.90. The number of aromatic nitrogens is 1. The highest BCUT2D eigenvalue weighted by molar-refractivity contribution is 7.08. The van der Waals surface area contributed by atoms with Gasteiger partial charge >= 0.3 is 5.97 Å². The summed E-state index contributed by atoms with van der Waals surface area (Å²) in [6.45, 7) is 0. The quantitative estimate of drug-likeness (QED) is 0.851. The monoisotopic (exact) mass is 223 g/mol. The zero-order valence-electron chi connectivity index (χ0n) is 7.48. The van der Waals surface area contributed by atoms with Gasteiger partial charge in [-0.3, -0.25) is 0 Å². The van der Waals surface area contributed by atoms with Crippen molar-refractivity contribution in [1.29, 1.82) is 0 Å². The summed E-state index contributed by atoms with van der Waals surface area (Å²) in [7, 11) is 0. The van der Waals surface area contributed by atoms with E-state index in [2.05, 4.69) is 4.37 Å². The molecule has 15 heavy (non-hydrogen) atoms. The van der Waals surface area contributed by atoms with Crippen LogP contribution in [-0.4, -0.2) is 15.4 Å². The standard InChI is InChI=1S/C10H6FNO2S/c11-7-4-2-1-3-6(7)8-5-9(10(13)14)15-12-8/h1-5H,(H,13,14). The van der Waals surface area contributed by atoms with Crippen molar-refractivity contribution in [2.45, 2.75) is 0 Å². The van der Waals surface area contributed by atoms with E-state index in [1.165, 1.54) is 12.1 Å². The molecule has 1 N–H and O–H groups in total. The normalized spacial score (nSPS) is 10.2. The molecule has 1 aromatic carbocycles. The molecule has 0 unspecified atom stereocenters. The lowest BCUT2D eigenvalue weighted by atomic mass is 10.1. The van der Waals surface area contributed by atoms with E-state index in [1.807, 2.05) is 0 Å². The molecule has 0 bridgehead atoms. The van der Waals surface area contributed by atoms with Crippen LogP contribution < -0.4 is 0 Å². The van der Waals surface area contributed by atoms with Gasteiger partial charge in [-0.1, -0.05) is 12.1 Å². The van der Waals surface area contributed by atoms with Crippen LogP contribution in [-0.2, 0) is 0 Å². The number of nitrogens with zero attached hydrogens (tertiary/aromatic N) is 1. The van der Waals surface area contributed by atoms with Crippen LogP contribution in [0.25, 0.3) is 11.3 Å². The molecule has 0 fully saturated rings. The Bertz CT molecular complexity index is 510. The van der Waals surface area contributed by atoms with Gasteiger partial charge in [0.25, 0.3) is 0 Å². The SMILES string of the molecule is O=C(O)c1cc(-c2ccccc2F)ns1. The first-order valence-corrected chi connectivity index (χ1v) is 4.91. The fourth-order valence-corrected chi connectivity index (χ4v) is 1.76. The van der Waals surface area contributed by atoms with Crippen molar-refractivity contribution in [1.82, 2.24) is 4.37 Å². The molecule has 0 aliphatic carbocycles. The maximum Gasteiger partial charge on any atom is 0.347 e. The first kappa shape index (κ1) is 9.79. The van der Waals surface area contributed by atoms with Crippen LogP contribution in [0.2, 0.25) is 0 Å². The maximum absolute atomic E-state index is 13.3. The highest BCUT2D eigenvalue weighted by Gasteiger charge is 2.12. The predicted octanol–water partition coefficient (Wildman–Crippen LogP) is 2.65. The lowest BCUT2D eigenvalue weighted by molar-refractivity contribution is 0.0702. The Hall–Kier alpha value is -1.75. The van der Waals surface area contributed by atoms with Gasteiger partial charge in [0.05, 0.1) is 5.69 Å². The molecule has 2 aromatic rings. The highest BCUT2D eigenvalue weighted by atomic mass is 32.1. The van der Waals surface area contributed by atoms with E-state index >= 15 is 0 Å². The number of hydrogen-bond donors (Lipinski definition) is 1. The number of halogens is 1. The minimum atomic E-state index is -1.05. The third kappa shape index (κ3) is 1.87. The lowest BCUT2D eigenvalue weighted by Gasteiger charge is -1.96. The Balaban J connectivity index is 2.46. The van der Waals surface area contributed by atoms with Gasteiger partial charge < -0.3 is 5.11 Å². The first-order valence-electron chi connectivity index (χ1n) is 4.13. The number of carbonyl (C=O) groups is 1. The second-order valence-corrected chi connectivity index (χ2v) is 3.67. The molecule has 0 atom stereocenters. The Morgan fingerprint density at radius 1 is 1.40 bits per heavy atom. The van der Waals surface area contributed by atoms with Crippen molar-refractivity contribution in [3.8, 4) is 11.3 Å². The number of rotatable bonds is 2. The van der Waals surface area contributed by atoms with E-state index in [4.69, 9.17) is 5.11 Å². The summed E-state index contributed by atoms with van der Waals surface area (Å²) in [6.07, 6.45) is 0. The van der Waals surface area contributed by atoms with Gasteiger partial charge in [0, 0.05) is 5.56 Å². The Kier molecular flexibility index (Phi) is 2.47. The smallest absolute Gasteiger partial charge is 0.347 e. The van der Waals surface area contributed by atoms with E-state index in [0.717, 1.165) is 11.5 Å². The molecule has 5 heteroatoms.